The number of amides is 1. The fourth-order valence-corrected chi connectivity index (χ4v) is 4.12. The maximum atomic E-state index is 11.9. The molecule has 3 aromatic carbocycles. The molecule has 3 aromatic rings. The van der Waals surface area contributed by atoms with Crippen molar-refractivity contribution in [3.05, 3.63) is 81.9 Å². The van der Waals surface area contributed by atoms with Gasteiger partial charge in [-0.15, -0.1) is 0 Å². The van der Waals surface area contributed by atoms with E-state index in [1.807, 2.05) is 18.2 Å². The molecule has 0 unspecified atom stereocenters. The molecule has 1 fully saturated rings. The van der Waals surface area contributed by atoms with E-state index in [4.69, 9.17) is 0 Å². The van der Waals surface area contributed by atoms with Gasteiger partial charge in [0.15, 0.2) is 0 Å². The van der Waals surface area contributed by atoms with E-state index in [9.17, 15) is 14.9 Å². The summed E-state index contributed by atoms with van der Waals surface area (Å²) < 4.78 is 0. The number of nitrogens with one attached hydrogen (secondary N) is 1. The molecule has 1 heterocycles. The van der Waals surface area contributed by atoms with Gasteiger partial charge in [-0.25, -0.2) is 0 Å². The largest absolute Gasteiger partial charge is 0.359 e. The molecule has 0 spiro atoms. The molecule has 0 aliphatic carbocycles. The van der Waals surface area contributed by atoms with Gasteiger partial charge in [0.05, 0.1) is 11.0 Å². The highest BCUT2D eigenvalue weighted by Crippen LogP contribution is 2.42. The average molecular weight is 375 g/mol. The minimum Gasteiger partial charge on any atom is -0.359 e. The second-order valence-electron chi connectivity index (χ2n) is 6.96. The molecule has 1 N–H and O–H groups in total. The number of nitrogens with zero attached hydrogens (tertiary/aromatic N) is 2. The summed E-state index contributed by atoms with van der Waals surface area (Å²) >= 11 is 0. The molecule has 1 amide bonds. The number of hydrogen-bond acceptors (Lipinski definition) is 4. The van der Waals surface area contributed by atoms with Crippen LogP contribution in [0.25, 0.3) is 10.8 Å². The minimum absolute atomic E-state index is 0.0340. The maximum Gasteiger partial charge on any atom is 0.293 e. The summed E-state index contributed by atoms with van der Waals surface area (Å²) in [6.07, 6.45) is 1.89. The van der Waals surface area contributed by atoms with Gasteiger partial charge in [0.2, 0.25) is 0 Å². The number of rotatable bonds is 4. The molecule has 1 aliphatic rings. The molecule has 1 atom stereocenters. The molecule has 28 heavy (non-hydrogen) atoms. The number of anilines is 1. The van der Waals surface area contributed by atoms with Crippen molar-refractivity contribution in [3.8, 4) is 0 Å². The first kappa shape index (κ1) is 18.0. The normalized spacial score (nSPS) is 16.3. The lowest BCUT2D eigenvalue weighted by Crippen LogP contribution is -2.24. The van der Waals surface area contributed by atoms with Crippen LogP contribution in [-0.2, 0) is 0 Å². The van der Waals surface area contributed by atoms with Gasteiger partial charge in [0.1, 0.15) is 5.69 Å². The Morgan fingerprint density at radius 1 is 1.14 bits per heavy atom. The van der Waals surface area contributed by atoms with Crippen molar-refractivity contribution < 1.29 is 9.72 Å². The quantitative estimate of drug-likeness (QED) is 0.540. The van der Waals surface area contributed by atoms with E-state index in [2.05, 4.69) is 34.5 Å². The SMILES string of the molecule is CNC(=O)c1ccc(N2CCC[C@@H]2c2cccc3ccccc23)c([N+](=O)[O-])c1. The number of fused-ring (bicyclic) bond motifs is 1. The Kier molecular flexibility index (Phi) is 4.69. The Hall–Kier alpha value is -3.41. The smallest absolute Gasteiger partial charge is 0.293 e. The standard InChI is InChI=1S/C22H21N3O3/c1-23-22(26)16-11-12-20(21(14-16)25(27)28)24-13-5-10-19(24)18-9-4-7-15-6-2-3-8-17(15)18/h2-4,6-9,11-12,14,19H,5,10,13H2,1H3,(H,23,26)/t19-/m1/s1. The average Bonchev–Trinajstić information content (AvgIpc) is 3.21. The third kappa shape index (κ3) is 3.07. The van der Waals surface area contributed by atoms with Crippen LogP contribution < -0.4 is 10.2 Å². The Balaban J connectivity index is 1.80. The predicted molar refractivity (Wildman–Crippen MR) is 110 cm³/mol. The van der Waals surface area contributed by atoms with Crippen molar-refractivity contribution in [2.24, 2.45) is 0 Å². The summed E-state index contributed by atoms with van der Waals surface area (Å²) in [5.41, 5.74) is 2.00. The Labute approximate surface area is 162 Å². The van der Waals surface area contributed by atoms with Crippen molar-refractivity contribution in [1.82, 2.24) is 5.32 Å². The van der Waals surface area contributed by atoms with Crippen molar-refractivity contribution in [2.45, 2.75) is 18.9 Å². The zero-order valence-electron chi connectivity index (χ0n) is 15.6. The number of carbonyl (C=O) groups is 1. The summed E-state index contributed by atoms with van der Waals surface area (Å²) in [7, 11) is 1.51. The Morgan fingerprint density at radius 2 is 1.93 bits per heavy atom. The van der Waals surface area contributed by atoms with Gasteiger partial charge in [0, 0.05) is 25.2 Å². The predicted octanol–water partition coefficient (Wildman–Crippen LogP) is 4.45. The lowest BCUT2D eigenvalue weighted by atomic mass is 9.96. The number of nitro groups is 1. The molecule has 6 nitrogen and oxygen atoms in total. The van der Waals surface area contributed by atoms with Crippen molar-refractivity contribution in [1.29, 1.82) is 0 Å². The van der Waals surface area contributed by atoms with Gasteiger partial charge in [-0.3, -0.25) is 14.9 Å². The Morgan fingerprint density at radius 3 is 2.71 bits per heavy atom. The minimum atomic E-state index is -0.403. The van der Waals surface area contributed by atoms with Crippen LogP contribution in [0.5, 0.6) is 0 Å². The summed E-state index contributed by atoms with van der Waals surface area (Å²) in [5, 5.41) is 16.6. The van der Waals surface area contributed by atoms with Crippen LogP contribution in [0.3, 0.4) is 0 Å². The van der Waals surface area contributed by atoms with Crippen LogP contribution in [0, 0.1) is 10.1 Å². The molecule has 4 rings (SSSR count). The Bertz CT molecular complexity index is 1060. The third-order valence-corrected chi connectivity index (χ3v) is 5.41. The monoisotopic (exact) mass is 375 g/mol. The van der Waals surface area contributed by atoms with Gasteiger partial charge in [0.25, 0.3) is 11.6 Å². The van der Waals surface area contributed by atoms with E-state index < -0.39 is 4.92 Å². The van der Waals surface area contributed by atoms with Crippen LogP contribution in [0.4, 0.5) is 11.4 Å². The van der Waals surface area contributed by atoms with E-state index in [0.29, 0.717) is 11.3 Å². The van der Waals surface area contributed by atoms with E-state index in [0.717, 1.165) is 24.8 Å². The van der Waals surface area contributed by atoms with Crippen LogP contribution >= 0.6 is 0 Å². The number of hydrogen-bond donors (Lipinski definition) is 1. The number of carbonyl (C=O) groups excluding carboxylic acids is 1. The zero-order chi connectivity index (χ0) is 19.7. The van der Waals surface area contributed by atoms with E-state index >= 15 is 0 Å². The van der Waals surface area contributed by atoms with Crippen molar-refractivity contribution >= 4 is 28.1 Å². The molecule has 0 bridgehead atoms. The third-order valence-electron chi connectivity index (χ3n) is 5.41. The fourth-order valence-electron chi connectivity index (χ4n) is 4.12. The van der Waals surface area contributed by atoms with Gasteiger partial charge in [-0.2, -0.15) is 0 Å². The van der Waals surface area contributed by atoms with Crippen LogP contribution in [0.1, 0.15) is 34.8 Å². The van der Waals surface area contributed by atoms with Gasteiger partial charge in [-0.1, -0.05) is 42.5 Å². The summed E-state index contributed by atoms with van der Waals surface area (Å²) in [5.74, 6) is -0.332. The van der Waals surface area contributed by atoms with Gasteiger partial charge in [-0.05, 0) is 41.3 Å². The maximum absolute atomic E-state index is 11.9. The van der Waals surface area contributed by atoms with E-state index in [-0.39, 0.29) is 17.6 Å². The molecular formula is C22H21N3O3. The highest BCUT2D eigenvalue weighted by atomic mass is 16.6. The molecule has 1 saturated heterocycles. The van der Waals surface area contributed by atoms with Crippen molar-refractivity contribution in [3.63, 3.8) is 0 Å². The molecule has 0 saturated carbocycles. The number of benzene rings is 3. The first-order valence-electron chi connectivity index (χ1n) is 9.35. The second-order valence-corrected chi connectivity index (χ2v) is 6.96. The molecule has 6 heteroatoms. The van der Waals surface area contributed by atoms with Crippen LogP contribution in [0.2, 0.25) is 0 Å². The van der Waals surface area contributed by atoms with Crippen molar-refractivity contribution in [2.75, 3.05) is 18.5 Å². The highest BCUT2D eigenvalue weighted by Gasteiger charge is 2.32. The van der Waals surface area contributed by atoms with Gasteiger partial charge < -0.3 is 10.2 Å². The van der Waals surface area contributed by atoms with Crippen LogP contribution in [0.15, 0.2) is 60.7 Å². The van der Waals surface area contributed by atoms with E-state index in [1.54, 1.807) is 12.1 Å². The lowest BCUT2D eigenvalue weighted by molar-refractivity contribution is -0.384. The number of nitro benzene ring substituents is 1. The topological polar surface area (TPSA) is 75.5 Å². The molecule has 1 aliphatic heterocycles. The molecule has 0 radical (unpaired) electrons. The summed E-state index contributed by atoms with van der Waals surface area (Å²) in [4.78, 5) is 25.4. The second kappa shape index (κ2) is 7.31. The molecular weight excluding hydrogens is 354 g/mol. The summed E-state index contributed by atoms with van der Waals surface area (Å²) in [6.45, 7) is 0.744. The first-order valence-corrected chi connectivity index (χ1v) is 9.35. The lowest BCUT2D eigenvalue weighted by Gasteiger charge is -2.28. The fraction of sp³-hybridized carbons (Fsp3) is 0.227. The van der Waals surface area contributed by atoms with E-state index in [1.165, 1.54) is 24.1 Å². The van der Waals surface area contributed by atoms with Gasteiger partial charge >= 0.3 is 0 Å². The molecule has 0 aromatic heterocycles. The molecule has 142 valence electrons. The summed E-state index contributed by atoms with van der Waals surface area (Å²) in [6, 6.07) is 19.2. The first-order chi connectivity index (χ1) is 13.6. The zero-order valence-corrected chi connectivity index (χ0v) is 15.6. The highest BCUT2D eigenvalue weighted by molar-refractivity contribution is 5.95. The van der Waals surface area contributed by atoms with Crippen LogP contribution in [-0.4, -0.2) is 24.4 Å².